The highest BCUT2D eigenvalue weighted by Crippen LogP contribution is 2.27. The smallest absolute Gasteiger partial charge is 0.215 e. The predicted molar refractivity (Wildman–Crippen MR) is 92.8 cm³/mol. The zero-order chi connectivity index (χ0) is 18.1. The molecule has 0 aliphatic heterocycles. The average Bonchev–Trinajstić information content (AvgIpc) is 3.00. The molecule has 1 unspecified atom stereocenters. The number of aliphatic hydroxyl groups is 1. The molecule has 1 heterocycles. The molecule has 0 radical (unpaired) electrons. The van der Waals surface area contributed by atoms with Gasteiger partial charge in [-0.2, -0.15) is 0 Å². The molecule has 0 aliphatic rings. The largest absolute Gasteiger partial charge is 0.458 e. The lowest BCUT2D eigenvalue weighted by molar-refractivity contribution is 0.0411. The zero-order valence-electron chi connectivity index (χ0n) is 13.6. The molecule has 1 atom stereocenters. The maximum Gasteiger partial charge on any atom is 0.215 e. The molecule has 0 amide bonds. The fourth-order valence-corrected chi connectivity index (χ4v) is 3.67. The lowest BCUT2D eigenvalue weighted by Crippen LogP contribution is -2.38. The van der Waals surface area contributed by atoms with Gasteiger partial charge in [0.1, 0.15) is 22.8 Å². The van der Waals surface area contributed by atoms with Crippen molar-refractivity contribution in [1.29, 1.82) is 0 Å². The first-order valence-electron chi connectivity index (χ1n) is 7.68. The summed E-state index contributed by atoms with van der Waals surface area (Å²) in [5.41, 5.74) is -0.432. The third-order valence-corrected chi connectivity index (χ3v) is 5.16. The second-order valence-corrected chi connectivity index (χ2v) is 7.94. The Morgan fingerprint density at radius 3 is 2.52 bits per heavy atom. The highest BCUT2D eigenvalue weighted by molar-refractivity contribution is 7.88. The van der Waals surface area contributed by atoms with Gasteiger partial charge in [-0.1, -0.05) is 30.3 Å². The molecule has 25 heavy (non-hydrogen) atoms. The number of hydrogen-bond acceptors (Lipinski definition) is 4. The number of sulfonamides is 1. The Morgan fingerprint density at radius 2 is 1.84 bits per heavy atom. The summed E-state index contributed by atoms with van der Waals surface area (Å²) in [7, 11) is -3.69. The Balaban J connectivity index is 1.71. The van der Waals surface area contributed by atoms with E-state index in [1.54, 1.807) is 12.1 Å². The van der Waals surface area contributed by atoms with Gasteiger partial charge in [-0.15, -0.1) is 0 Å². The standard InChI is InChI=1S/C18H18FNO4S/c1-18(21,17-10-14-4-2-3-5-16(14)24-17)12-20-25(22,23)11-13-6-8-15(19)9-7-13/h2-10,20-21H,11-12H2,1H3. The fraction of sp³-hybridized carbons (Fsp3) is 0.222. The van der Waals surface area contributed by atoms with Crippen molar-refractivity contribution in [2.45, 2.75) is 18.3 Å². The van der Waals surface area contributed by atoms with Gasteiger partial charge in [-0.05, 0) is 36.8 Å². The van der Waals surface area contributed by atoms with Crippen LogP contribution in [-0.4, -0.2) is 20.1 Å². The van der Waals surface area contributed by atoms with E-state index in [0.717, 1.165) is 5.39 Å². The molecule has 0 spiro atoms. The van der Waals surface area contributed by atoms with Crippen LogP contribution in [0.25, 0.3) is 11.0 Å². The molecule has 0 aliphatic carbocycles. The number of para-hydroxylation sites is 1. The van der Waals surface area contributed by atoms with Gasteiger partial charge in [0.25, 0.3) is 0 Å². The number of furan rings is 1. The molecule has 0 fully saturated rings. The minimum absolute atomic E-state index is 0.240. The summed E-state index contributed by atoms with van der Waals surface area (Å²) in [4.78, 5) is 0. The van der Waals surface area contributed by atoms with E-state index in [-0.39, 0.29) is 18.1 Å². The van der Waals surface area contributed by atoms with Crippen LogP contribution in [0.1, 0.15) is 18.2 Å². The van der Waals surface area contributed by atoms with E-state index in [2.05, 4.69) is 4.72 Å². The normalized spacial score (nSPS) is 14.5. The summed E-state index contributed by atoms with van der Waals surface area (Å²) in [5.74, 6) is -0.455. The Kier molecular flexibility index (Phi) is 4.64. The molecule has 2 N–H and O–H groups in total. The molecule has 5 nitrogen and oxygen atoms in total. The minimum Gasteiger partial charge on any atom is -0.458 e. The summed E-state index contributed by atoms with van der Waals surface area (Å²) < 4.78 is 45.2. The van der Waals surface area contributed by atoms with E-state index < -0.39 is 21.4 Å². The monoisotopic (exact) mass is 363 g/mol. The van der Waals surface area contributed by atoms with E-state index in [1.807, 2.05) is 18.2 Å². The Labute approximate surface area is 145 Å². The molecule has 2 aromatic carbocycles. The third kappa shape index (κ3) is 4.25. The molecule has 132 valence electrons. The van der Waals surface area contributed by atoms with Crippen molar-refractivity contribution in [3.63, 3.8) is 0 Å². The maximum absolute atomic E-state index is 12.9. The van der Waals surface area contributed by atoms with Gasteiger partial charge in [-0.3, -0.25) is 0 Å². The van der Waals surface area contributed by atoms with Crippen molar-refractivity contribution >= 4 is 21.0 Å². The first kappa shape index (κ1) is 17.6. The van der Waals surface area contributed by atoms with Gasteiger partial charge >= 0.3 is 0 Å². The number of halogens is 1. The van der Waals surface area contributed by atoms with E-state index in [1.165, 1.54) is 31.2 Å². The van der Waals surface area contributed by atoms with Gasteiger partial charge < -0.3 is 9.52 Å². The summed E-state index contributed by atoms with van der Waals surface area (Å²) in [6.07, 6.45) is 0. The number of fused-ring (bicyclic) bond motifs is 1. The Bertz CT molecular complexity index is 945. The first-order valence-corrected chi connectivity index (χ1v) is 9.34. The Hall–Kier alpha value is -2.22. The number of nitrogens with one attached hydrogen (secondary N) is 1. The first-order chi connectivity index (χ1) is 11.8. The SMILES string of the molecule is CC(O)(CNS(=O)(=O)Cc1ccc(F)cc1)c1cc2ccccc2o1. The quantitative estimate of drug-likeness (QED) is 0.706. The van der Waals surface area contributed by atoms with Gasteiger partial charge in [0.05, 0.1) is 5.75 Å². The molecule has 1 aromatic heterocycles. The van der Waals surface area contributed by atoms with Crippen molar-refractivity contribution < 1.29 is 22.3 Å². The lowest BCUT2D eigenvalue weighted by Gasteiger charge is -2.21. The van der Waals surface area contributed by atoms with Crippen molar-refractivity contribution in [2.75, 3.05) is 6.54 Å². The molecule has 0 bridgehead atoms. The lowest BCUT2D eigenvalue weighted by atomic mass is 10.0. The molecule has 3 aromatic rings. The van der Waals surface area contributed by atoms with Crippen LogP contribution in [0.4, 0.5) is 4.39 Å². The van der Waals surface area contributed by atoms with Crippen LogP contribution in [-0.2, 0) is 21.4 Å². The summed E-state index contributed by atoms with van der Waals surface area (Å²) >= 11 is 0. The van der Waals surface area contributed by atoms with E-state index in [0.29, 0.717) is 11.1 Å². The topological polar surface area (TPSA) is 79.5 Å². The minimum atomic E-state index is -3.69. The highest BCUT2D eigenvalue weighted by Gasteiger charge is 2.29. The molecule has 0 saturated carbocycles. The van der Waals surface area contributed by atoms with E-state index in [4.69, 9.17) is 4.42 Å². The van der Waals surface area contributed by atoms with Crippen LogP contribution in [0.3, 0.4) is 0 Å². The number of rotatable bonds is 6. The van der Waals surface area contributed by atoms with Crippen molar-refractivity contribution in [1.82, 2.24) is 4.72 Å². The van der Waals surface area contributed by atoms with Crippen LogP contribution in [0.15, 0.2) is 59.0 Å². The Morgan fingerprint density at radius 1 is 1.16 bits per heavy atom. The number of benzene rings is 2. The van der Waals surface area contributed by atoms with Crippen molar-refractivity contribution in [3.05, 3.63) is 71.7 Å². The zero-order valence-corrected chi connectivity index (χ0v) is 14.4. The third-order valence-electron chi connectivity index (χ3n) is 3.86. The maximum atomic E-state index is 12.9. The molecule has 0 saturated heterocycles. The van der Waals surface area contributed by atoms with Crippen molar-refractivity contribution in [3.8, 4) is 0 Å². The predicted octanol–water partition coefficient (Wildman–Crippen LogP) is 2.90. The van der Waals surface area contributed by atoms with Crippen LogP contribution < -0.4 is 4.72 Å². The molecule has 3 rings (SSSR count). The van der Waals surface area contributed by atoms with Gasteiger partial charge in [0, 0.05) is 11.9 Å². The van der Waals surface area contributed by atoms with E-state index in [9.17, 15) is 17.9 Å². The van der Waals surface area contributed by atoms with Crippen LogP contribution in [0, 0.1) is 5.82 Å². The highest BCUT2D eigenvalue weighted by atomic mass is 32.2. The van der Waals surface area contributed by atoms with Crippen LogP contribution >= 0.6 is 0 Å². The fourth-order valence-electron chi connectivity index (χ4n) is 2.44. The average molecular weight is 363 g/mol. The molecular weight excluding hydrogens is 345 g/mol. The summed E-state index contributed by atoms with van der Waals surface area (Å²) in [6, 6.07) is 14.2. The van der Waals surface area contributed by atoms with E-state index >= 15 is 0 Å². The molecule has 7 heteroatoms. The van der Waals surface area contributed by atoms with Crippen LogP contribution in [0.2, 0.25) is 0 Å². The number of hydrogen-bond donors (Lipinski definition) is 2. The van der Waals surface area contributed by atoms with Crippen molar-refractivity contribution in [2.24, 2.45) is 0 Å². The molecular formula is C18H18FNO4S. The van der Waals surface area contributed by atoms with Gasteiger partial charge in [0.15, 0.2) is 0 Å². The van der Waals surface area contributed by atoms with Gasteiger partial charge in [-0.25, -0.2) is 17.5 Å². The van der Waals surface area contributed by atoms with Gasteiger partial charge in [0.2, 0.25) is 10.0 Å². The summed E-state index contributed by atoms with van der Waals surface area (Å²) in [6.45, 7) is 1.24. The second kappa shape index (κ2) is 6.59. The van der Waals surface area contributed by atoms with Crippen LogP contribution in [0.5, 0.6) is 0 Å². The summed E-state index contributed by atoms with van der Waals surface area (Å²) in [5, 5.41) is 11.4. The second-order valence-electron chi connectivity index (χ2n) is 6.13.